The fourth-order valence-corrected chi connectivity index (χ4v) is 2.26. The molecule has 106 valence electrons. The van der Waals surface area contributed by atoms with Crippen LogP contribution in [0.25, 0.3) is 0 Å². The summed E-state index contributed by atoms with van der Waals surface area (Å²) in [6.45, 7) is 4.87. The van der Waals surface area contributed by atoms with E-state index in [1.54, 1.807) is 7.11 Å². The molecule has 0 aliphatic carbocycles. The SMILES string of the molecule is CCC(CC)C(=O)N(C)CCc1ccccc1OC. The van der Waals surface area contributed by atoms with E-state index in [0.29, 0.717) is 0 Å². The Labute approximate surface area is 116 Å². The van der Waals surface area contributed by atoms with Crippen molar-refractivity contribution in [3.63, 3.8) is 0 Å². The van der Waals surface area contributed by atoms with Crippen molar-refractivity contribution >= 4 is 5.91 Å². The molecule has 0 aliphatic heterocycles. The third kappa shape index (κ3) is 4.27. The molecule has 1 rings (SSSR count). The molecule has 0 bridgehead atoms. The Kier molecular flexibility index (Phi) is 6.40. The second-order valence-electron chi connectivity index (χ2n) is 4.84. The Morgan fingerprint density at radius 2 is 1.89 bits per heavy atom. The third-order valence-corrected chi connectivity index (χ3v) is 3.62. The van der Waals surface area contributed by atoms with Gasteiger partial charge in [-0.25, -0.2) is 0 Å². The number of ether oxygens (including phenoxy) is 1. The highest BCUT2D eigenvalue weighted by Crippen LogP contribution is 2.18. The molecular formula is C16H25NO2. The van der Waals surface area contributed by atoms with E-state index in [1.807, 2.05) is 36.2 Å². The van der Waals surface area contributed by atoms with E-state index in [2.05, 4.69) is 13.8 Å². The zero-order valence-electron chi connectivity index (χ0n) is 12.5. The molecule has 0 fully saturated rings. The van der Waals surface area contributed by atoms with Gasteiger partial charge in [0.15, 0.2) is 0 Å². The standard InChI is InChI=1S/C16H25NO2/c1-5-13(6-2)16(18)17(3)12-11-14-9-7-8-10-15(14)19-4/h7-10,13H,5-6,11-12H2,1-4H3. The molecule has 1 amide bonds. The molecule has 0 N–H and O–H groups in total. The second-order valence-corrected chi connectivity index (χ2v) is 4.84. The largest absolute Gasteiger partial charge is 0.496 e. The zero-order chi connectivity index (χ0) is 14.3. The maximum absolute atomic E-state index is 12.2. The topological polar surface area (TPSA) is 29.5 Å². The number of nitrogens with zero attached hydrogens (tertiary/aromatic N) is 1. The lowest BCUT2D eigenvalue weighted by atomic mass is 10.0. The van der Waals surface area contributed by atoms with Crippen LogP contribution in [0.4, 0.5) is 0 Å². The number of hydrogen-bond donors (Lipinski definition) is 0. The smallest absolute Gasteiger partial charge is 0.225 e. The summed E-state index contributed by atoms with van der Waals surface area (Å²) in [4.78, 5) is 14.0. The summed E-state index contributed by atoms with van der Waals surface area (Å²) >= 11 is 0. The van der Waals surface area contributed by atoms with Gasteiger partial charge in [-0.1, -0.05) is 32.0 Å². The van der Waals surface area contributed by atoms with Crippen molar-refractivity contribution in [1.82, 2.24) is 4.90 Å². The van der Waals surface area contributed by atoms with Gasteiger partial charge in [-0.3, -0.25) is 4.79 Å². The molecule has 1 aromatic carbocycles. The first-order chi connectivity index (χ1) is 9.13. The van der Waals surface area contributed by atoms with E-state index in [4.69, 9.17) is 4.74 Å². The Balaban J connectivity index is 2.58. The number of carbonyl (C=O) groups is 1. The number of benzene rings is 1. The van der Waals surface area contributed by atoms with Crippen molar-refractivity contribution in [3.05, 3.63) is 29.8 Å². The molecule has 0 radical (unpaired) electrons. The molecule has 0 aliphatic rings. The van der Waals surface area contributed by atoms with E-state index in [1.165, 1.54) is 0 Å². The molecule has 0 unspecified atom stereocenters. The van der Waals surface area contributed by atoms with Crippen LogP contribution in [0.5, 0.6) is 5.75 Å². The van der Waals surface area contributed by atoms with E-state index in [9.17, 15) is 4.79 Å². The number of para-hydroxylation sites is 1. The lowest BCUT2D eigenvalue weighted by Gasteiger charge is -2.22. The highest BCUT2D eigenvalue weighted by atomic mass is 16.5. The fourth-order valence-electron chi connectivity index (χ4n) is 2.26. The second kappa shape index (κ2) is 7.82. The molecule has 0 spiro atoms. The van der Waals surface area contributed by atoms with Gasteiger partial charge in [-0.15, -0.1) is 0 Å². The molecular weight excluding hydrogens is 238 g/mol. The molecule has 3 nitrogen and oxygen atoms in total. The number of hydrogen-bond acceptors (Lipinski definition) is 2. The first-order valence-corrected chi connectivity index (χ1v) is 7.00. The summed E-state index contributed by atoms with van der Waals surface area (Å²) in [6.07, 6.45) is 2.65. The molecule has 0 aromatic heterocycles. The Bertz CT molecular complexity index is 399. The summed E-state index contributed by atoms with van der Waals surface area (Å²) in [6, 6.07) is 7.97. The first-order valence-electron chi connectivity index (χ1n) is 7.00. The molecule has 0 saturated carbocycles. The highest BCUT2D eigenvalue weighted by Gasteiger charge is 2.18. The van der Waals surface area contributed by atoms with Crippen LogP contribution in [0.15, 0.2) is 24.3 Å². The molecule has 19 heavy (non-hydrogen) atoms. The van der Waals surface area contributed by atoms with Crippen molar-refractivity contribution in [3.8, 4) is 5.75 Å². The van der Waals surface area contributed by atoms with E-state index in [-0.39, 0.29) is 11.8 Å². The Morgan fingerprint density at radius 3 is 2.47 bits per heavy atom. The van der Waals surface area contributed by atoms with Gasteiger partial charge in [-0.2, -0.15) is 0 Å². The van der Waals surface area contributed by atoms with Crippen LogP contribution in [0.2, 0.25) is 0 Å². The third-order valence-electron chi connectivity index (χ3n) is 3.62. The van der Waals surface area contributed by atoms with Crippen LogP contribution in [-0.4, -0.2) is 31.5 Å². The van der Waals surface area contributed by atoms with Gasteiger partial charge in [0.25, 0.3) is 0 Å². The van der Waals surface area contributed by atoms with Crippen molar-refractivity contribution in [2.75, 3.05) is 20.7 Å². The van der Waals surface area contributed by atoms with Crippen LogP contribution in [-0.2, 0) is 11.2 Å². The first kappa shape index (κ1) is 15.5. The summed E-state index contributed by atoms with van der Waals surface area (Å²) in [7, 11) is 3.56. The van der Waals surface area contributed by atoms with E-state index in [0.717, 1.165) is 37.1 Å². The van der Waals surface area contributed by atoms with Crippen LogP contribution < -0.4 is 4.74 Å². The number of rotatable bonds is 7. The van der Waals surface area contributed by atoms with Gasteiger partial charge in [-0.05, 0) is 30.9 Å². The lowest BCUT2D eigenvalue weighted by Crippen LogP contribution is -2.34. The molecule has 0 saturated heterocycles. The maximum atomic E-state index is 12.2. The van der Waals surface area contributed by atoms with Gasteiger partial charge in [0, 0.05) is 19.5 Å². The monoisotopic (exact) mass is 263 g/mol. The van der Waals surface area contributed by atoms with Gasteiger partial charge in [0.2, 0.25) is 5.91 Å². The number of amides is 1. The number of carbonyl (C=O) groups excluding carboxylic acids is 1. The molecule has 3 heteroatoms. The fraction of sp³-hybridized carbons (Fsp3) is 0.562. The number of methoxy groups -OCH3 is 1. The average Bonchev–Trinajstić information content (AvgIpc) is 2.46. The van der Waals surface area contributed by atoms with Crippen molar-refractivity contribution < 1.29 is 9.53 Å². The summed E-state index contributed by atoms with van der Waals surface area (Å²) in [5.74, 6) is 1.30. The van der Waals surface area contributed by atoms with Gasteiger partial charge in [0.1, 0.15) is 5.75 Å². The minimum Gasteiger partial charge on any atom is -0.496 e. The van der Waals surface area contributed by atoms with Crippen molar-refractivity contribution in [1.29, 1.82) is 0 Å². The summed E-state index contributed by atoms with van der Waals surface area (Å²) in [5, 5.41) is 0. The average molecular weight is 263 g/mol. The van der Waals surface area contributed by atoms with Crippen LogP contribution in [0.3, 0.4) is 0 Å². The van der Waals surface area contributed by atoms with Crippen LogP contribution in [0, 0.1) is 5.92 Å². The summed E-state index contributed by atoms with van der Waals surface area (Å²) < 4.78 is 5.32. The Hall–Kier alpha value is -1.51. The normalized spacial score (nSPS) is 10.6. The van der Waals surface area contributed by atoms with Crippen molar-refractivity contribution in [2.45, 2.75) is 33.1 Å². The predicted molar refractivity (Wildman–Crippen MR) is 78.4 cm³/mol. The number of likely N-dealkylation sites (N-methyl/N-ethyl adjacent to an activating group) is 1. The zero-order valence-corrected chi connectivity index (χ0v) is 12.5. The van der Waals surface area contributed by atoms with E-state index < -0.39 is 0 Å². The molecule has 1 aromatic rings. The minimum atomic E-state index is 0.155. The Morgan fingerprint density at radius 1 is 1.26 bits per heavy atom. The highest BCUT2D eigenvalue weighted by molar-refractivity contribution is 5.78. The lowest BCUT2D eigenvalue weighted by molar-refractivity contribution is -0.134. The van der Waals surface area contributed by atoms with Gasteiger partial charge >= 0.3 is 0 Å². The minimum absolute atomic E-state index is 0.155. The maximum Gasteiger partial charge on any atom is 0.225 e. The summed E-state index contributed by atoms with van der Waals surface area (Å²) in [5.41, 5.74) is 1.15. The predicted octanol–water partition coefficient (Wildman–Crippen LogP) is 3.13. The molecule has 0 heterocycles. The quantitative estimate of drug-likeness (QED) is 0.756. The molecule has 0 atom stereocenters. The van der Waals surface area contributed by atoms with Crippen LogP contribution >= 0.6 is 0 Å². The van der Waals surface area contributed by atoms with Gasteiger partial charge in [0.05, 0.1) is 7.11 Å². The van der Waals surface area contributed by atoms with E-state index >= 15 is 0 Å². The van der Waals surface area contributed by atoms with Crippen LogP contribution in [0.1, 0.15) is 32.3 Å². The van der Waals surface area contributed by atoms with Crippen molar-refractivity contribution in [2.24, 2.45) is 5.92 Å². The van der Waals surface area contributed by atoms with Gasteiger partial charge < -0.3 is 9.64 Å².